The molecule has 1 N–H and O–H groups in total. The third kappa shape index (κ3) is 5.36. The average Bonchev–Trinajstić information content (AvgIpc) is 2.95. The maximum absolute atomic E-state index is 11.8. The van der Waals surface area contributed by atoms with E-state index in [1.54, 1.807) is 11.8 Å². The van der Waals surface area contributed by atoms with Crippen molar-refractivity contribution in [2.24, 2.45) is 0 Å². The third-order valence-corrected chi connectivity index (χ3v) is 4.65. The summed E-state index contributed by atoms with van der Waals surface area (Å²) >= 11 is 1.58. The molecule has 21 heavy (non-hydrogen) atoms. The van der Waals surface area contributed by atoms with Gasteiger partial charge in [-0.3, -0.25) is 4.79 Å². The van der Waals surface area contributed by atoms with Crippen molar-refractivity contribution in [2.75, 3.05) is 18.9 Å². The Bertz CT molecular complexity index is 459. The van der Waals surface area contributed by atoms with Crippen LogP contribution in [0.3, 0.4) is 0 Å². The first-order valence-electron chi connectivity index (χ1n) is 7.57. The van der Waals surface area contributed by atoms with Gasteiger partial charge in [-0.2, -0.15) is 0 Å². The van der Waals surface area contributed by atoms with Crippen LogP contribution in [0.15, 0.2) is 29.2 Å². The average molecular weight is 307 g/mol. The summed E-state index contributed by atoms with van der Waals surface area (Å²) in [6.07, 6.45) is 2.38. The minimum absolute atomic E-state index is 0.0791. The molecule has 0 bridgehead atoms. The third-order valence-electron chi connectivity index (χ3n) is 3.64. The first kappa shape index (κ1) is 16.4. The Morgan fingerprint density at radius 1 is 1.33 bits per heavy atom. The van der Waals surface area contributed by atoms with Crippen molar-refractivity contribution in [1.29, 1.82) is 0 Å². The lowest BCUT2D eigenvalue weighted by Crippen LogP contribution is -2.32. The smallest absolute Gasteiger partial charge is 0.230 e. The molecule has 0 spiro atoms. The van der Waals surface area contributed by atoms with Crippen molar-refractivity contribution in [2.45, 2.75) is 50.0 Å². The Hall–Kier alpha value is -1.00. The van der Waals surface area contributed by atoms with Crippen LogP contribution in [-0.2, 0) is 14.9 Å². The number of ether oxygens (including phenoxy) is 1. The van der Waals surface area contributed by atoms with Gasteiger partial charge in [-0.25, -0.2) is 0 Å². The van der Waals surface area contributed by atoms with Crippen molar-refractivity contribution in [3.63, 3.8) is 0 Å². The molecule has 0 saturated carbocycles. The van der Waals surface area contributed by atoms with E-state index < -0.39 is 0 Å². The minimum atomic E-state index is 0.0791. The van der Waals surface area contributed by atoms with Gasteiger partial charge < -0.3 is 10.1 Å². The van der Waals surface area contributed by atoms with Crippen LogP contribution in [0.2, 0.25) is 0 Å². The van der Waals surface area contributed by atoms with E-state index in [-0.39, 0.29) is 17.4 Å². The van der Waals surface area contributed by atoms with E-state index in [1.165, 1.54) is 5.56 Å². The molecule has 0 aliphatic carbocycles. The highest BCUT2D eigenvalue weighted by Gasteiger charge is 2.16. The zero-order chi connectivity index (χ0) is 15.3. The SMILES string of the molecule is CC(C)(C)c1ccc(SCC(=O)NCC2CCCO2)cc1. The van der Waals surface area contributed by atoms with Crippen LogP contribution >= 0.6 is 11.8 Å². The van der Waals surface area contributed by atoms with E-state index in [9.17, 15) is 4.79 Å². The molecule has 116 valence electrons. The highest BCUT2D eigenvalue weighted by Crippen LogP contribution is 2.25. The molecule has 1 aliphatic heterocycles. The fourth-order valence-corrected chi connectivity index (χ4v) is 3.01. The zero-order valence-electron chi connectivity index (χ0n) is 13.1. The van der Waals surface area contributed by atoms with Crippen molar-refractivity contribution in [3.8, 4) is 0 Å². The lowest BCUT2D eigenvalue weighted by molar-refractivity contribution is -0.119. The molecule has 1 atom stereocenters. The minimum Gasteiger partial charge on any atom is -0.376 e. The van der Waals surface area contributed by atoms with Crippen molar-refractivity contribution in [1.82, 2.24) is 5.32 Å². The van der Waals surface area contributed by atoms with Crippen LogP contribution in [0.1, 0.15) is 39.2 Å². The Balaban J connectivity index is 1.73. The molecule has 1 saturated heterocycles. The number of hydrogen-bond donors (Lipinski definition) is 1. The summed E-state index contributed by atoms with van der Waals surface area (Å²) in [5, 5.41) is 2.95. The van der Waals surface area contributed by atoms with Gasteiger partial charge in [0.1, 0.15) is 0 Å². The summed E-state index contributed by atoms with van der Waals surface area (Å²) in [6.45, 7) is 8.08. The fourth-order valence-electron chi connectivity index (χ4n) is 2.28. The van der Waals surface area contributed by atoms with Crippen LogP contribution in [0.5, 0.6) is 0 Å². The molecule has 0 aromatic heterocycles. The molecule has 1 aromatic rings. The number of amides is 1. The van der Waals surface area contributed by atoms with Crippen molar-refractivity contribution < 1.29 is 9.53 Å². The molecular formula is C17H25NO2S. The largest absolute Gasteiger partial charge is 0.376 e. The van der Waals surface area contributed by atoms with Gasteiger partial charge in [0, 0.05) is 18.0 Å². The van der Waals surface area contributed by atoms with Gasteiger partial charge in [-0.15, -0.1) is 11.8 Å². The summed E-state index contributed by atoms with van der Waals surface area (Å²) in [5.41, 5.74) is 1.48. The van der Waals surface area contributed by atoms with Crippen LogP contribution in [0.25, 0.3) is 0 Å². The molecule has 1 heterocycles. The predicted molar refractivity (Wildman–Crippen MR) is 87.8 cm³/mol. The summed E-state index contributed by atoms with van der Waals surface area (Å²) in [7, 11) is 0. The highest BCUT2D eigenvalue weighted by atomic mass is 32.2. The highest BCUT2D eigenvalue weighted by molar-refractivity contribution is 8.00. The van der Waals surface area contributed by atoms with Gasteiger partial charge in [0.2, 0.25) is 5.91 Å². The van der Waals surface area contributed by atoms with Gasteiger partial charge in [0.05, 0.1) is 11.9 Å². The lowest BCUT2D eigenvalue weighted by Gasteiger charge is -2.19. The van der Waals surface area contributed by atoms with Crippen LogP contribution in [0, 0.1) is 0 Å². The van der Waals surface area contributed by atoms with Gasteiger partial charge in [0.25, 0.3) is 0 Å². The van der Waals surface area contributed by atoms with Crippen molar-refractivity contribution in [3.05, 3.63) is 29.8 Å². The molecule has 4 heteroatoms. The fraction of sp³-hybridized carbons (Fsp3) is 0.588. The summed E-state index contributed by atoms with van der Waals surface area (Å²) in [4.78, 5) is 12.9. The Morgan fingerprint density at radius 2 is 2.05 bits per heavy atom. The van der Waals surface area contributed by atoms with E-state index in [2.05, 4.69) is 50.4 Å². The van der Waals surface area contributed by atoms with E-state index in [0.717, 1.165) is 24.3 Å². The molecular weight excluding hydrogens is 282 g/mol. The molecule has 1 aliphatic rings. The molecule has 2 rings (SSSR count). The van der Waals surface area contributed by atoms with Gasteiger partial charge in [-0.05, 0) is 36.0 Å². The summed E-state index contributed by atoms with van der Waals surface area (Å²) in [5.74, 6) is 0.539. The molecule has 1 unspecified atom stereocenters. The van der Waals surface area contributed by atoms with E-state index >= 15 is 0 Å². The normalized spacial score (nSPS) is 18.7. The van der Waals surface area contributed by atoms with Gasteiger partial charge >= 0.3 is 0 Å². The molecule has 0 radical (unpaired) electrons. The second-order valence-electron chi connectivity index (χ2n) is 6.50. The first-order chi connectivity index (χ1) is 9.95. The van der Waals surface area contributed by atoms with E-state index in [4.69, 9.17) is 4.74 Å². The maximum atomic E-state index is 11.8. The first-order valence-corrected chi connectivity index (χ1v) is 8.55. The summed E-state index contributed by atoms with van der Waals surface area (Å²) < 4.78 is 5.49. The summed E-state index contributed by atoms with van der Waals surface area (Å²) in [6, 6.07) is 8.48. The predicted octanol–water partition coefficient (Wildman–Crippen LogP) is 3.37. The quantitative estimate of drug-likeness (QED) is 0.848. The Kier molecular flexibility index (Phi) is 5.71. The van der Waals surface area contributed by atoms with Crippen LogP contribution in [-0.4, -0.2) is 30.9 Å². The number of rotatable bonds is 5. The van der Waals surface area contributed by atoms with Crippen LogP contribution in [0.4, 0.5) is 0 Å². The topological polar surface area (TPSA) is 38.3 Å². The number of hydrogen-bond acceptors (Lipinski definition) is 3. The van der Waals surface area contributed by atoms with Gasteiger partial charge in [-0.1, -0.05) is 32.9 Å². The number of benzene rings is 1. The number of nitrogens with one attached hydrogen (secondary N) is 1. The monoisotopic (exact) mass is 307 g/mol. The van der Waals surface area contributed by atoms with Gasteiger partial charge in [0.15, 0.2) is 0 Å². The number of carbonyl (C=O) groups is 1. The second kappa shape index (κ2) is 7.32. The standard InChI is InChI=1S/C17H25NO2S/c1-17(2,3)13-6-8-15(9-7-13)21-12-16(19)18-11-14-5-4-10-20-14/h6-9,14H,4-5,10-12H2,1-3H3,(H,18,19). The lowest BCUT2D eigenvalue weighted by atomic mass is 9.87. The Morgan fingerprint density at radius 3 is 2.62 bits per heavy atom. The second-order valence-corrected chi connectivity index (χ2v) is 7.55. The van der Waals surface area contributed by atoms with Crippen molar-refractivity contribution >= 4 is 17.7 Å². The van der Waals surface area contributed by atoms with E-state index in [0.29, 0.717) is 12.3 Å². The molecule has 1 amide bonds. The molecule has 1 fully saturated rings. The number of thioether (sulfide) groups is 1. The zero-order valence-corrected chi connectivity index (χ0v) is 14.0. The number of carbonyl (C=O) groups excluding carboxylic acids is 1. The van der Waals surface area contributed by atoms with Crippen LogP contribution < -0.4 is 5.32 Å². The van der Waals surface area contributed by atoms with E-state index in [1.807, 2.05) is 0 Å². The molecule has 1 aromatic carbocycles. The molecule has 3 nitrogen and oxygen atoms in total. The Labute approximate surface area is 131 Å². The maximum Gasteiger partial charge on any atom is 0.230 e.